The van der Waals surface area contributed by atoms with Crippen LogP contribution in [0.15, 0.2) is 84.9 Å². The zero-order valence-electron chi connectivity index (χ0n) is 16.9. The van der Waals surface area contributed by atoms with Crippen LogP contribution in [0.3, 0.4) is 0 Å². The van der Waals surface area contributed by atoms with Crippen LogP contribution in [0.25, 0.3) is 11.0 Å². The summed E-state index contributed by atoms with van der Waals surface area (Å²) in [6, 6.07) is 29.8. The molecule has 0 fully saturated rings. The third kappa shape index (κ3) is 4.50. The number of para-hydroxylation sites is 2. The Bertz CT molecular complexity index is 1110. The number of fused-ring (bicyclic) bond motifs is 1. The van der Waals surface area contributed by atoms with Gasteiger partial charge in [0.25, 0.3) is 0 Å². The number of hydrogen-bond donors (Lipinski definition) is 0. The highest BCUT2D eigenvalue weighted by molar-refractivity contribution is 7.71. The molecule has 0 aliphatic rings. The van der Waals surface area contributed by atoms with E-state index >= 15 is 0 Å². The molecule has 4 rings (SSSR count). The summed E-state index contributed by atoms with van der Waals surface area (Å²) >= 11 is 5.94. The third-order valence-electron chi connectivity index (χ3n) is 5.43. The van der Waals surface area contributed by atoms with Gasteiger partial charge in [0.1, 0.15) is 0 Å². The monoisotopic (exact) mass is 401 g/mol. The number of hydrogen-bond acceptors (Lipinski definition) is 2. The Morgan fingerprint density at radius 1 is 0.724 bits per heavy atom. The lowest BCUT2D eigenvalue weighted by Crippen LogP contribution is -2.26. The molecule has 0 bridgehead atoms. The van der Waals surface area contributed by atoms with Crippen molar-refractivity contribution in [2.24, 2.45) is 0 Å². The molecule has 1 heterocycles. The molecule has 0 saturated heterocycles. The van der Waals surface area contributed by atoms with Crippen molar-refractivity contribution in [2.75, 3.05) is 6.54 Å². The maximum absolute atomic E-state index is 5.94. The van der Waals surface area contributed by atoms with E-state index in [1.54, 1.807) is 0 Å². The lowest BCUT2D eigenvalue weighted by Gasteiger charge is -2.21. The summed E-state index contributed by atoms with van der Waals surface area (Å²) in [7, 11) is 0. The SMILES string of the molecule is CCN(Cc1ccccc1)Cn1c(=S)n(CCc2ccccc2)c2ccccc21. The summed E-state index contributed by atoms with van der Waals surface area (Å²) in [5.74, 6) is 0. The van der Waals surface area contributed by atoms with Crippen LogP contribution in [-0.2, 0) is 26.2 Å². The summed E-state index contributed by atoms with van der Waals surface area (Å²) in [6.45, 7) is 5.79. The van der Waals surface area contributed by atoms with Gasteiger partial charge in [-0.1, -0.05) is 79.7 Å². The minimum atomic E-state index is 0.795. The van der Waals surface area contributed by atoms with Crippen LogP contribution in [0.2, 0.25) is 0 Å². The van der Waals surface area contributed by atoms with Gasteiger partial charge in [-0.3, -0.25) is 4.90 Å². The lowest BCUT2D eigenvalue weighted by molar-refractivity contribution is 0.222. The van der Waals surface area contributed by atoms with E-state index in [-0.39, 0.29) is 0 Å². The van der Waals surface area contributed by atoms with E-state index in [1.807, 2.05) is 0 Å². The standard InChI is InChI=1S/C25H27N3S/c1-2-26(19-22-13-7-4-8-14-22)20-28-24-16-10-9-15-23(24)27(25(28)29)18-17-21-11-5-3-6-12-21/h3-16H,2,17-20H2,1H3. The van der Waals surface area contributed by atoms with Gasteiger partial charge in [-0.25, -0.2) is 0 Å². The summed E-state index contributed by atoms with van der Waals surface area (Å²) < 4.78 is 5.46. The van der Waals surface area contributed by atoms with Crippen LogP contribution >= 0.6 is 12.2 Å². The van der Waals surface area contributed by atoms with Crippen molar-refractivity contribution in [1.82, 2.24) is 14.0 Å². The molecule has 4 aromatic rings. The first kappa shape index (κ1) is 19.6. The molecule has 0 aliphatic carbocycles. The molecule has 0 aliphatic heterocycles. The minimum absolute atomic E-state index is 0.795. The molecule has 4 heteroatoms. The third-order valence-corrected chi connectivity index (χ3v) is 5.87. The van der Waals surface area contributed by atoms with E-state index in [4.69, 9.17) is 12.2 Å². The molecular formula is C25H27N3S. The van der Waals surface area contributed by atoms with E-state index < -0.39 is 0 Å². The van der Waals surface area contributed by atoms with E-state index in [0.717, 1.165) is 37.5 Å². The molecule has 0 saturated carbocycles. The van der Waals surface area contributed by atoms with Gasteiger partial charge >= 0.3 is 0 Å². The Morgan fingerprint density at radius 3 is 1.90 bits per heavy atom. The molecule has 3 nitrogen and oxygen atoms in total. The Hall–Kier alpha value is -2.69. The molecule has 3 aromatic carbocycles. The van der Waals surface area contributed by atoms with Crippen LogP contribution in [-0.4, -0.2) is 20.6 Å². The minimum Gasteiger partial charge on any atom is -0.316 e. The highest BCUT2D eigenvalue weighted by Gasteiger charge is 2.13. The van der Waals surface area contributed by atoms with Crippen LogP contribution in [0.1, 0.15) is 18.1 Å². The number of benzene rings is 3. The number of imidazole rings is 1. The summed E-state index contributed by atoms with van der Waals surface area (Å²) in [4.78, 5) is 2.43. The predicted octanol–water partition coefficient (Wildman–Crippen LogP) is 5.89. The Balaban J connectivity index is 1.62. The van der Waals surface area contributed by atoms with E-state index in [2.05, 4.69) is 106 Å². The molecule has 0 atom stereocenters. The number of rotatable bonds is 8. The van der Waals surface area contributed by atoms with Gasteiger partial charge in [-0.05, 0) is 48.4 Å². The van der Waals surface area contributed by atoms with Gasteiger partial charge in [-0.15, -0.1) is 0 Å². The largest absolute Gasteiger partial charge is 0.316 e. The van der Waals surface area contributed by atoms with E-state index in [1.165, 1.54) is 22.2 Å². The maximum atomic E-state index is 5.94. The zero-order chi connectivity index (χ0) is 20.1. The number of nitrogens with zero attached hydrogens (tertiary/aromatic N) is 3. The predicted molar refractivity (Wildman–Crippen MR) is 123 cm³/mol. The van der Waals surface area contributed by atoms with E-state index in [0.29, 0.717) is 0 Å². The summed E-state index contributed by atoms with van der Waals surface area (Å²) in [6.07, 6.45) is 0.977. The molecule has 0 unspecified atom stereocenters. The molecule has 0 amide bonds. The van der Waals surface area contributed by atoms with Gasteiger partial charge in [0.2, 0.25) is 0 Å². The normalized spacial score (nSPS) is 11.4. The average Bonchev–Trinajstić information content (AvgIpc) is 3.04. The van der Waals surface area contributed by atoms with Gasteiger partial charge in [0.05, 0.1) is 17.7 Å². The fourth-order valence-electron chi connectivity index (χ4n) is 3.81. The van der Waals surface area contributed by atoms with Gasteiger partial charge in [0.15, 0.2) is 4.77 Å². The molecule has 0 N–H and O–H groups in total. The Labute approximate surface area is 177 Å². The lowest BCUT2D eigenvalue weighted by atomic mass is 10.1. The highest BCUT2D eigenvalue weighted by Crippen LogP contribution is 2.20. The second-order valence-electron chi connectivity index (χ2n) is 7.36. The molecule has 0 spiro atoms. The summed E-state index contributed by atoms with van der Waals surface area (Å²) in [5.41, 5.74) is 5.08. The van der Waals surface area contributed by atoms with Crippen LogP contribution in [0.4, 0.5) is 0 Å². The molecular weight excluding hydrogens is 374 g/mol. The quantitative estimate of drug-likeness (QED) is 0.341. The Morgan fingerprint density at radius 2 is 1.28 bits per heavy atom. The van der Waals surface area contributed by atoms with Crippen molar-refractivity contribution in [2.45, 2.75) is 33.1 Å². The van der Waals surface area contributed by atoms with Crippen molar-refractivity contribution >= 4 is 23.3 Å². The van der Waals surface area contributed by atoms with Crippen molar-refractivity contribution in [3.8, 4) is 0 Å². The average molecular weight is 402 g/mol. The zero-order valence-corrected chi connectivity index (χ0v) is 17.7. The topological polar surface area (TPSA) is 13.1 Å². The molecule has 0 radical (unpaired) electrons. The molecule has 29 heavy (non-hydrogen) atoms. The first-order chi connectivity index (χ1) is 14.3. The van der Waals surface area contributed by atoms with Crippen molar-refractivity contribution < 1.29 is 0 Å². The van der Waals surface area contributed by atoms with Crippen LogP contribution in [0, 0.1) is 4.77 Å². The van der Waals surface area contributed by atoms with Gasteiger partial charge in [-0.2, -0.15) is 0 Å². The number of aromatic nitrogens is 2. The fourth-order valence-corrected chi connectivity index (χ4v) is 4.16. The summed E-state index contributed by atoms with van der Waals surface area (Å²) in [5, 5.41) is 0. The maximum Gasteiger partial charge on any atom is 0.181 e. The van der Waals surface area contributed by atoms with Crippen molar-refractivity contribution in [3.05, 3.63) is 101 Å². The van der Waals surface area contributed by atoms with E-state index in [9.17, 15) is 0 Å². The van der Waals surface area contributed by atoms with Crippen LogP contribution in [0.5, 0.6) is 0 Å². The number of aryl methyl sites for hydroxylation is 2. The van der Waals surface area contributed by atoms with Crippen LogP contribution < -0.4 is 0 Å². The molecule has 148 valence electrons. The molecule has 1 aromatic heterocycles. The highest BCUT2D eigenvalue weighted by atomic mass is 32.1. The fraction of sp³-hybridized carbons (Fsp3) is 0.240. The van der Waals surface area contributed by atoms with Gasteiger partial charge < -0.3 is 9.13 Å². The van der Waals surface area contributed by atoms with Crippen molar-refractivity contribution in [3.63, 3.8) is 0 Å². The second-order valence-corrected chi connectivity index (χ2v) is 7.72. The second kappa shape index (κ2) is 9.21. The Kier molecular flexibility index (Phi) is 6.23. The van der Waals surface area contributed by atoms with Gasteiger partial charge in [0, 0.05) is 13.1 Å². The first-order valence-corrected chi connectivity index (χ1v) is 10.7. The first-order valence-electron chi connectivity index (χ1n) is 10.2. The smallest absolute Gasteiger partial charge is 0.181 e. The van der Waals surface area contributed by atoms with Crippen molar-refractivity contribution in [1.29, 1.82) is 0 Å².